The summed E-state index contributed by atoms with van der Waals surface area (Å²) in [6.45, 7) is 6.51. The Balaban J connectivity index is 1.61. The third-order valence-electron chi connectivity index (χ3n) is 4.17. The van der Waals surface area contributed by atoms with Gasteiger partial charge in [0.05, 0.1) is 12.9 Å². The summed E-state index contributed by atoms with van der Waals surface area (Å²) >= 11 is 0. The van der Waals surface area contributed by atoms with Crippen molar-refractivity contribution in [1.82, 2.24) is 19.8 Å². The molecule has 1 aliphatic heterocycles. The molecule has 1 aromatic heterocycles. The summed E-state index contributed by atoms with van der Waals surface area (Å²) in [5.74, 6) is 1.00. The Hall–Kier alpha value is -2.56. The Morgan fingerprint density at radius 3 is 2.83 bits per heavy atom. The molecule has 0 unspecified atom stereocenters. The van der Waals surface area contributed by atoms with E-state index in [1.165, 1.54) is 11.1 Å². The molecule has 1 aliphatic rings. The number of aromatic nitrogens is 2. The van der Waals surface area contributed by atoms with Crippen LogP contribution in [0, 0.1) is 0 Å². The van der Waals surface area contributed by atoms with E-state index in [9.17, 15) is 0 Å². The van der Waals surface area contributed by atoms with Crippen LogP contribution in [0.2, 0.25) is 0 Å². The van der Waals surface area contributed by atoms with Gasteiger partial charge in [0.2, 0.25) is 0 Å². The van der Waals surface area contributed by atoms with Crippen molar-refractivity contribution in [3.05, 3.63) is 60.7 Å². The van der Waals surface area contributed by atoms with E-state index < -0.39 is 0 Å². The Bertz CT molecular complexity index is 673. The number of nitrogens with one attached hydrogen (secondary N) is 1. The van der Waals surface area contributed by atoms with E-state index in [2.05, 4.69) is 63.1 Å². The molecule has 5 heteroatoms. The summed E-state index contributed by atoms with van der Waals surface area (Å²) in [5.41, 5.74) is 2.76. The first-order chi connectivity index (χ1) is 11.9. The summed E-state index contributed by atoms with van der Waals surface area (Å²) in [5, 5.41) is 3.41. The quantitative estimate of drug-likeness (QED) is 0.680. The lowest BCUT2D eigenvalue weighted by Crippen LogP contribution is -2.43. The number of hydrogen-bond acceptors (Lipinski definition) is 2. The molecule has 0 aliphatic carbocycles. The van der Waals surface area contributed by atoms with Crippen LogP contribution in [-0.2, 0) is 6.54 Å². The zero-order valence-electron chi connectivity index (χ0n) is 14.2. The van der Waals surface area contributed by atoms with Crippen LogP contribution in [-0.4, -0.2) is 46.6 Å². The van der Waals surface area contributed by atoms with Crippen molar-refractivity contribution in [1.29, 1.82) is 0 Å². The highest BCUT2D eigenvalue weighted by molar-refractivity contribution is 5.81. The lowest BCUT2D eigenvalue weighted by molar-refractivity contribution is 0.439. The fourth-order valence-electron chi connectivity index (χ4n) is 2.89. The smallest absolute Gasteiger partial charge is 0.194 e. The fourth-order valence-corrected chi connectivity index (χ4v) is 2.89. The lowest BCUT2D eigenvalue weighted by Gasteiger charge is -2.30. The Labute approximate surface area is 143 Å². The minimum Gasteiger partial charge on any atom is -0.357 e. The van der Waals surface area contributed by atoms with Gasteiger partial charge in [-0.3, -0.25) is 4.99 Å². The molecule has 2 heterocycles. The Morgan fingerprint density at radius 1 is 1.29 bits per heavy atom. The zero-order valence-corrected chi connectivity index (χ0v) is 14.2. The van der Waals surface area contributed by atoms with Gasteiger partial charge in [0.1, 0.15) is 0 Å². The van der Waals surface area contributed by atoms with Gasteiger partial charge in [-0.15, -0.1) is 0 Å². The highest BCUT2D eigenvalue weighted by Gasteiger charge is 2.15. The minimum absolute atomic E-state index is 0.754. The van der Waals surface area contributed by atoms with Crippen LogP contribution in [0.15, 0.2) is 60.1 Å². The third-order valence-corrected chi connectivity index (χ3v) is 4.17. The van der Waals surface area contributed by atoms with E-state index in [1.54, 1.807) is 6.20 Å². The van der Waals surface area contributed by atoms with Crippen molar-refractivity contribution in [2.45, 2.75) is 19.9 Å². The summed E-state index contributed by atoms with van der Waals surface area (Å²) in [6, 6.07) is 10.6. The predicted octanol–water partition coefficient (Wildman–Crippen LogP) is 2.64. The maximum atomic E-state index is 4.76. The summed E-state index contributed by atoms with van der Waals surface area (Å²) in [7, 11) is 0. The van der Waals surface area contributed by atoms with Gasteiger partial charge in [0, 0.05) is 38.6 Å². The van der Waals surface area contributed by atoms with Gasteiger partial charge in [-0.1, -0.05) is 36.4 Å². The molecule has 0 radical (unpaired) electrons. The largest absolute Gasteiger partial charge is 0.357 e. The number of imidazole rings is 1. The van der Waals surface area contributed by atoms with Gasteiger partial charge in [0.15, 0.2) is 5.96 Å². The molecule has 1 N–H and O–H groups in total. The van der Waals surface area contributed by atoms with Crippen LogP contribution < -0.4 is 5.32 Å². The van der Waals surface area contributed by atoms with Crippen LogP contribution in [0.1, 0.15) is 18.9 Å². The average molecular weight is 323 g/mol. The van der Waals surface area contributed by atoms with Crippen molar-refractivity contribution < 1.29 is 0 Å². The second-order valence-corrected chi connectivity index (χ2v) is 5.83. The first-order valence-electron chi connectivity index (χ1n) is 8.60. The van der Waals surface area contributed by atoms with Crippen molar-refractivity contribution in [2.24, 2.45) is 4.99 Å². The first-order valence-corrected chi connectivity index (χ1v) is 8.60. The molecule has 0 fully saturated rings. The number of aliphatic imine (C=N–C) groups is 1. The van der Waals surface area contributed by atoms with Crippen LogP contribution >= 0.6 is 0 Å². The molecule has 0 saturated carbocycles. The van der Waals surface area contributed by atoms with Gasteiger partial charge >= 0.3 is 0 Å². The summed E-state index contributed by atoms with van der Waals surface area (Å²) in [6.07, 6.45) is 8.98. The minimum atomic E-state index is 0.754. The molecule has 0 atom stereocenters. The molecular formula is C19H25N5. The van der Waals surface area contributed by atoms with E-state index >= 15 is 0 Å². The van der Waals surface area contributed by atoms with Crippen LogP contribution in [0.4, 0.5) is 0 Å². The second-order valence-electron chi connectivity index (χ2n) is 5.83. The number of nitrogens with zero attached hydrogens (tertiary/aromatic N) is 4. The van der Waals surface area contributed by atoms with Crippen molar-refractivity contribution in [3.8, 4) is 0 Å². The van der Waals surface area contributed by atoms with Crippen molar-refractivity contribution in [2.75, 3.05) is 26.2 Å². The maximum absolute atomic E-state index is 4.76. The molecule has 3 rings (SSSR count). The van der Waals surface area contributed by atoms with Crippen molar-refractivity contribution in [3.63, 3.8) is 0 Å². The SMILES string of the molecule is CCNC(=NCCn1ccnc1)N1CC=C(c2ccccc2)CC1. The van der Waals surface area contributed by atoms with E-state index in [0.29, 0.717) is 0 Å². The lowest BCUT2D eigenvalue weighted by atomic mass is 10.00. The normalized spacial score (nSPS) is 15.3. The topological polar surface area (TPSA) is 45.5 Å². The number of benzene rings is 1. The van der Waals surface area contributed by atoms with Crippen molar-refractivity contribution >= 4 is 11.5 Å². The number of guanidine groups is 1. The molecule has 0 bridgehead atoms. The molecule has 24 heavy (non-hydrogen) atoms. The number of rotatable bonds is 5. The average Bonchev–Trinajstić information content (AvgIpc) is 3.15. The van der Waals surface area contributed by atoms with E-state index in [1.807, 2.05) is 12.5 Å². The van der Waals surface area contributed by atoms with Gasteiger partial charge < -0.3 is 14.8 Å². The molecule has 1 aromatic carbocycles. The van der Waals surface area contributed by atoms with E-state index in [4.69, 9.17) is 4.99 Å². The van der Waals surface area contributed by atoms with Crippen LogP contribution in [0.3, 0.4) is 0 Å². The molecule has 0 spiro atoms. The highest BCUT2D eigenvalue weighted by atomic mass is 15.3. The monoisotopic (exact) mass is 323 g/mol. The molecule has 0 saturated heterocycles. The van der Waals surface area contributed by atoms with Gasteiger partial charge in [0.25, 0.3) is 0 Å². The number of hydrogen-bond donors (Lipinski definition) is 1. The molecule has 2 aromatic rings. The van der Waals surface area contributed by atoms with Gasteiger partial charge in [-0.05, 0) is 24.5 Å². The predicted molar refractivity (Wildman–Crippen MR) is 98.8 cm³/mol. The zero-order chi connectivity index (χ0) is 16.6. The summed E-state index contributed by atoms with van der Waals surface area (Å²) in [4.78, 5) is 11.2. The van der Waals surface area contributed by atoms with Crippen LogP contribution in [0.5, 0.6) is 0 Å². The molecule has 5 nitrogen and oxygen atoms in total. The van der Waals surface area contributed by atoms with Gasteiger partial charge in [-0.2, -0.15) is 0 Å². The van der Waals surface area contributed by atoms with Crippen LogP contribution in [0.25, 0.3) is 5.57 Å². The third kappa shape index (κ3) is 4.25. The first kappa shape index (κ1) is 16.3. The standard InChI is InChI=1S/C19H25N5/c1-2-21-19(22-11-15-23-14-10-20-16-23)24-12-8-18(9-13-24)17-6-4-3-5-7-17/h3-8,10,14,16H,2,9,11-13,15H2,1H3,(H,21,22). The molecule has 126 valence electrons. The fraction of sp³-hybridized carbons (Fsp3) is 0.368. The Kier molecular flexibility index (Phi) is 5.66. The maximum Gasteiger partial charge on any atom is 0.194 e. The summed E-state index contributed by atoms with van der Waals surface area (Å²) < 4.78 is 2.05. The van der Waals surface area contributed by atoms with E-state index in [-0.39, 0.29) is 0 Å². The van der Waals surface area contributed by atoms with Gasteiger partial charge in [-0.25, -0.2) is 4.98 Å². The van der Waals surface area contributed by atoms with E-state index in [0.717, 1.165) is 45.1 Å². The second kappa shape index (κ2) is 8.34. The highest BCUT2D eigenvalue weighted by Crippen LogP contribution is 2.21. The molecule has 0 amide bonds. The Morgan fingerprint density at radius 2 is 2.17 bits per heavy atom. The molecular weight excluding hydrogens is 298 g/mol.